The number of methoxy groups -OCH3 is 1. The van der Waals surface area contributed by atoms with E-state index in [-0.39, 0.29) is 5.78 Å². The monoisotopic (exact) mass is 615 g/mol. The molecule has 1 aliphatic heterocycles. The fourth-order valence-electron chi connectivity index (χ4n) is 5.56. The van der Waals surface area contributed by atoms with Gasteiger partial charge in [-0.05, 0) is 86.6 Å². The zero-order valence-corrected chi connectivity index (χ0v) is 25.9. The second-order valence-corrected chi connectivity index (χ2v) is 11.9. The summed E-state index contributed by atoms with van der Waals surface area (Å²) in [6, 6.07) is 26.9. The van der Waals surface area contributed by atoms with Crippen molar-refractivity contribution in [2.75, 3.05) is 33.4 Å². The molecule has 0 spiro atoms. The molecule has 226 valence electrons. The minimum atomic E-state index is -0.510. The standard InChI is InChI=1S/C38H33NO5S/c1-3-26-12-18-32-34(24-26)45-37(31-19-17-30(42-2)25-33(31)44-38(41)28-10-6-4-7-11-28)35(32)36(40)27-13-15-29(16-14-27)43-23-22-39-20-8-5-9-21-39/h1,4,6-7,10-19,24-25H,5,8-9,20-23H2,2H3. The van der Waals surface area contributed by atoms with Crippen LogP contribution in [0.15, 0.2) is 91.0 Å². The number of piperidine rings is 1. The number of esters is 1. The third-order valence-electron chi connectivity index (χ3n) is 7.97. The Labute approximate surface area is 267 Å². The fourth-order valence-corrected chi connectivity index (χ4v) is 6.83. The van der Waals surface area contributed by atoms with E-state index in [4.69, 9.17) is 20.6 Å². The summed E-state index contributed by atoms with van der Waals surface area (Å²) in [7, 11) is 1.55. The molecule has 0 atom stereocenters. The normalized spacial score (nSPS) is 13.2. The minimum Gasteiger partial charge on any atom is -0.497 e. The SMILES string of the molecule is C#Cc1ccc2c(C(=O)c3ccc(OCCN4CCCCC4)cc3)c(-c3ccc(OC)cc3OC(=O)c3ccccc3)sc2c1. The maximum absolute atomic E-state index is 14.3. The first kappa shape index (κ1) is 30.1. The van der Waals surface area contributed by atoms with Crippen molar-refractivity contribution in [2.24, 2.45) is 0 Å². The Balaban J connectivity index is 1.34. The van der Waals surface area contributed by atoms with Crippen molar-refractivity contribution in [2.45, 2.75) is 19.3 Å². The molecule has 1 fully saturated rings. The van der Waals surface area contributed by atoms with E-state index in [0.29, 0.717) is 50.8 Å². The van der Waals surface area contributed by atoms with Crippen molar-refractivity contribution >= 4 is 33.2 Å². The molecule has 6 rings (SSSR count). The topological polar surface area (TPSA) is 65.1 Å². The van der Waals surface area contributed by atoms with Gasteiger partial charge < -0.3 is 14.2 Å². The van der Waals surface area contributed by atoms with E-state index in [1.807, 2.05) is 42.5 Å². The van der Waals surface area contributed by atoms with Gasteiger partial charge in [0.05, 0.1) is 17.6 Å². The molecule has 0 aliphatic carbocycles. The maximum Gasteiger partial charge on any atom is 0.343 e. The number of fused-ring (bicyclic) bond motifs is 1. The van der Waals surface area contributed by atoms with E-state index >= 15 is 0 Å². The lowest BCUT2D eigenvalue weighted by molar-refractivity contribution is 0.0735. The third kappa shape index (κ3) is 6.78. The van der Waals surface area contributed by atoms with Crippen molar-refractivity contribution in [3.8, 4) is 40.0 Å². The second-order valence-electron chi connectivity index (χ2n) is 10.9. The van der Waals surface area contributed by atoms with Crippen molar-refractivity contribution in [3.05, 3.63) is 113 Å². The first-order valence-corrected chi connectivity index (χ1v) is 15.8. The molecule has 0 amide bonds. The first-order chi connectivity index (χ1) is 22.0. The average molecular weight is 616 g/mol. The van der Waals surface area contributed by atoms with E-state index in [0.717, 1.165) is 35.5 Å². The molecule has 0 unspecified atom stereocenters. The number of likely N-dealkylation sites (tertiary alicyclic amines) is 1. The van der Waals surface area contributed by atoms with E-state index in [1.165, 1.54) is 30.6 Å². The van der Waals surface area contributed by atoms with E-state index in [2.05, 4.69) is 10.8 Å². The summed E-state index contributed by atoms with van der Waals surface area (Å²) in [5.41, 5.74) is 2.77. The summed E-state index contributed by atoms with van der Waals surface area (Å²) in [6.07, 6.45) is 9.50. The van der Waals surface area contributed by atoms with Gasteiger partial charge >= 0.3 is 5.97 Å². The third-order valence-corrected chi connectivity index (χ3v) is 9.16. The lowest BCUT2D eigenvalue weighted by atomic mass is 9.96. The molecule has 0 radical (unpaired) electrons. The summed E-state index contributed by atoms with van der Waals surface area (Å²) >= 11 is 1.43. The van der Waals surface area contributed by atoms with Crippen LogP contribution in [0, 0.1) is 12.3 Å². The van der Waals surface area contributed by atoms with Crippen molar-refractivity contribution < 1.29 is 23.8 Å². The van der Waals surface area contributed by atoms with Crippen LogP contribution in [0.2, 0.25) is 0 Å². The summed E-state index contributed by atoms with van der Waals surface area (Å²) in [5, 5.41) is 0.775. The molecule has 1 aliphatic rings. The summed E-state index contributed by atoms with van der Waals surface area (Å²) < 4.78 is 18.2. The molecule has 6 nitrogen and oxygen atoms in total. The summed E-state index contributed by atoms with van der Waals surface area (Å²) in [4.78, 5) is 30.5. The minimum absolute atomic E-state index is 0.152. The van der Waals surface area contributed by atoms with Gasteiger partial charge in [-0.3, -0.25) is 9.69 Å². The van der Waals surface area contributed by atoms with Gasteiger partial charge in [0.1, 0.15) is 23.9 Å². The zero-order chi connectivity index (χ0) is 31.2. The van der Waals surface area contributed by atoms with Crippen LogP contribution in [0.25, 0.3) is 20.5 Å². The molecule has 4 aromatic carbocycles. The Morgan fingerprint density at radius 2 is 1.62 bits per heavy atom. The molecule has 0 N–H and O–H groups in total. The fraction of sp³-hybridized carbons (Fsp3) is 0.211. The lowest BCUT2D eigenvalue weighted by Crippen LogP contribution is -2.33. The van der Waals surface area contributed by atoms with Gasteiger partial charge in [-0.15, -0.1) is 17.8 Å². The van der Waals surface area contributed by atoms with Crippen LogP contribution in [0.4, 0.5) is 0 Å². The van der Waals surface area contributed by atoms with E-state index in [1.54, 1.807) is 55.6 Å². The van der Waals surface area contributed by atoms with Gasteiger partial charge in [-0.1, -0.05) is 36.6 Å². The number of ether oxygens (including phenoxy) is 3. The molecule has 45 heavy (non-hydrogen) atoms. The number of hydrogen-bond donors (Lipinski definition) is 0. The molecule has 7 heteroatoms. The van der Waals surface area contributed by atoms with Crippen LogP contribution in [-0.4, -0.2) is 50.0 Å². The average Bonchev–Trinajstić information content (AvgIpc) is 3.47. The number of ketones is 1. The van der Waals surface area contributed by atoms with Crippen LogP contribution in [0.5, 0.6) is 17.2 Å². The van der Waals surface area contributed by atoms with E-state index in [9.17, 15) is 9.59 Å². The lowest BCUT2D eigenvalue weighted by Gasteiger charge is -2.26. The highest BCUT2D eigenvalue weighted by atomic mass is 32.1. The first-order valence-electron chi connectivity index (χ1n) is 15.0. The van der Waals surface area contributed by atoms with Gasteiger partial charge in [0.2, 0.25) is 0 Å². The molecule has 1 saturated heterocycles. The Morgan fingerprint density at radius 3 is 2.36 bits per heavy atom. The molecule has 5 aromatic rings. The number of carbonyl (C=O) groups excluding carboxylic acids is 2. The van der Waals surface area contributed by atoms with Crippen molar-refractivity contribution in [1.29, 1.82) is 0 Å². The van der Waals surface area contributed by atoms with Crippen LogP contribution in [0.3, 0.4) is 0 Å². The summed E-state index contributed by atoms with van der Waals surface area (Å²) in [5.74, 6) is 3.56. The van der Waals surface area contributed by atoms with Crippen molar-refractivity contribution in [3.63, 3.8) is 0 Å². The number of rotatable bonds is 10. The quantitative estimate of drug-likeness (QED) is 0.0690. The van der Waals surface area contributed by atoms with Gasteiger partial charge in [0, 0.05) is 45.0 Å². The van der Waals surface area contributed by atoms with Crippen LogP contribution in [-0.2, 0) is 0 Å². The van der Waals surface area contributed by atoms with Crippen LogP contribution in [0.1, 0.15) is 51.1 Å². The number of hydrogen-bond acceptors (Lipinski definition) is 7. The number of benzene rings is 4. The Morgan fingerprint density at radius 1 is 0.867 bits per heavy atom. The Hall–Kier alpha value is -4.90. The van der Waals surface area contributed by atoms with Gasteiger partial charge in [0.15, 0.2) is 5.78 Å². The van der Waals surface area contributed by atoms with Crippen LogP contribution >= 0.6 is 11.3 Å². The predicted molar refractivity (Wildman–Crippen MR) is 179 cm³/mol. The van der Waals surface area contributed by atoms with Gasteiger partial charge in [-0.25, -0.2) is 4.79 Å². The molecule has 0 bridgehead atoms. The van der Waals surface area contributed by atoms with Crippen molar-refractivity contribution in [1.82, 2.24) is 4.90 Å². The highest BCUT2D eigenvalue weighted by Gasteiger charge is 2.25. The number of thiophene rings is 1. The highest BCUT2D eigenvalue weighted by molar-refractivity contribution is 7.22. The number of terminal acetylenes is 1. The molecule has 1 aromatic heterocycles. The zero-order valence-electron chi connectivity index (χ0n) is 25.1. The highest BCUT2D eigenvalue weighted by Crippen LogP contribution is 2.45. The predicted octanol–water partition coefficient (Wildman–Crippen LogP) is 7.87. The number of nitrogens with zero attached hydrogens (tertiary/aromatic N) is 1. The van der Waals surface area contributed by atoms with Crippen LogP contribution < -0.4 is 14.2 Å². The molecular formula is C38H33NO5S. The van der Waals surface area contributed by atoms with E-state index < -0.39 is 5.97 Å². The molecule has 2 heterocycles. The second kappa shape index (κ2) is 13.8. The van der Waals surface area contributed by atoms with Gasteiger partial charge in [0.25, 0.3) is 0 Å². The number of carbonyl (C=O) groups is 2. The Kier molecular flexibility index (Phi) is 9.25. The van der Waals surface area contributed by atoms with Gasteiger partial charge in [-0.2, -0.15) is 0 Å². The largest absolute Gasteiger partial charge is 0.497 e. The molecule has 0 saturated carbocycles. The summed E-state index contributed by atoms with van der Waals surface area (Å²) in [6.45, 7) is 3.74. The smallest absolute Gasteiger partial charge is 0.343 e. The Bertz CT molecular complexity index is 1860. The molecular weight excluding hydrogens is 582 g/mol. The maximum atomic E-state index is 14.3.